The second-order valence-corrected chi connectivity index (χ2v) is 7.05. The first-order valence-electron chi connectivity index (χ1n) is 7.38. The summed E-state index contributed by atoms with van der Waals surface area (Å²) in [6, 6.07) is 9.39. The van der Waals surface area contributed by atoms with Gasteiger partial charge in [-0.1, -0.05) is 23.9 Å². The predicted octanol–water partition coefficient (Wildman–Crippen LogP) is 2.22. The molecule has 1 saturated heterocycles. The number of carbonyl (C=O) groups is 2. The van der Waals surface area contributed by atoms with Crippen molar-refractivity contribution in [2.24, 2.45) is 0 Å². The number of aromatic nitrogens is 1. The molecule has 23 heavy (non-hydrogen) atoms. The van der Waals surface area contributed by atoms with Gasteiger partial charge in [-0.15, -0.1) is 11.3 Å². The van der Waals surface area contributed by atoms with Gasteiger partial charge >= 0.3 is 0 Å². The summed E-state index contributed by atoms with van der Waals surface area (Å²) in [5.74, 6) is 0.550. The molecule has 0 N–H and O–H groups in total. The van der Waals surface area contributed by atoms with Gasteiger partial charge in [0.1, 0.15) is 0 Å². The molecule has 1 fully saturated rings. The van der Waals surface area contributed by atoms with Crippen LogP contribution < -0.4 is 0 Å². The maximum Gasteiger partial charge on any atom is 0.264 e. The number of piperazine rings is 1. The number of pyridine rings is 1. The second kappa shape index (κ2) is 7.61. The first kappa shape index (κ1) is 16.0. The van der Waals surface area contributed by atoms with Crippen LogP contribution in [0.25, 0.3) is 0 Å². The Labute approximate surface area is 143 Å². The van der Waals surface area contributed by atoms with Gasteiger partial charge in [0.15, 0.2) is 0 Å². The van der Waals surface area contributed by atoms with Crippen LogP contribution in [0.4, 0.5) is 0 Å². The van der Waals surface area contributed by atoms with E-state index in [0.29, 0.717) is 31.9 Å². The van der Waals surface area contributed by atoms with E-state index in [0.717, 1.165) is 9.90 Å². The third kappa shape index (κ3) is 4.11. The first-order chi connectivity index (χ1) is 11.2. The zero-order valence-electron chi connectivity index (χ0n) is 12.6. The third-order valence-corrected chi connectivity index (χ3v) is 5.42. The summed E-state index contributed by atoms with van der Waals surface area (Å²) in [7, 11) is 0. The van der Waals surface area contributed by atoms with Crippen LogP contribution in [0.15, 0.2) is 46.9 Å². The largest absolute Gasteiger partial charge is 0.338 e. The van der Waals surface area contributed by atoms with Crippen molar-refractivity contribution in [3.05, 3.63) is 46.8 Å². The maximum atomic E-state index is 12.3. The van der Waals surface area contributed by atoms with Gasteiger partial charge in [0, 0.05) is 32.4 Å². The van der Waals surface area contributed by atoms with E-state index in [4.69, 9.17) is 0 Å². The van der Waals surface area contributed by atoms with Crippen LogP contribution >= 0.6 is 23.1 Å². The van der Waals surface area contributed by atoms with Crippen LogP contribution in [0.3, 0.4) is 0 Å². The zero-order chi connectivity index (χ0) is 16.1. The van der Waals surface area contributed by atoms with Crippen LogP contribution in [-0.4, -0.2) is 58.5 Å². The molecule has 1 aliphatic rings. The standard InChI is InChI=1S/C16H17N3O2S2/c20-15(12-23-14-5-1-2-6-17-14)18-7-9-19(10-8-18)16(21)13-4-3-11-22-13/h1-6,11H,7-10,12H2. The molecule has 0 saturated carbocycles. The van der Waals surface area contributed by atoms with Gasteiger partial charge in [-0.05, 0) is 23.6 Å². The van der Waals surface area contributed by atoms with Crippen molar-refractivity contribution in [1.29, 1.82) is 0 Å². The highest BCUT2D eigenvalue weighted by Gasteiger charge is 2.25. The fourth-order valence-electron chi connectivity index (χ4n) is 2.37. The zero-order valence-corrected chi connectivity index (χ0v) is 14.2. The lowest BCUT2D eigenvalue weighted by atomic mass is 10.3. The van der Waals surface area contributed by atoms with Crippen molar-refractivity contribution < 1.29 is 9.59 Å². The van der Waals surface area contributed by atoms with E-state index in [-0.39, 0.29) is 11.8 Å². The Morgan fingerprint density at radius 2 is 1.87 bits per heavy atom. The monoisotopic (exact) mass is 347 g/mol. The molecule has 0 atom stereocenters. The van der Waals surface area contributed by atoms with Gasteiger partial charge < -0.3 is 9.80 Å². The predicted molar refractivity (Wildman–Crippen MR) is 91.8 cm³/mol. The van der Waals surface area contributed by atoms with Crippen molar-refractivity contribution in [3.63, 3.8) is 0 Å². The summed E-state index contributed by atoms with van der Waals surface area (Å²) < 4.78 is 0. The number of rotatable bonds is 4. The van der Waals surface area contributed by atoms with E-state index in [2.05, 4.69) is 4.98 Å². The SMILES string of the molecule is O=C(CSc1ccccn1)N1CCN(C(=O)c2cccs2)CC1. The van der Waals surface area contributed by atoms with Crippen LogP contribution in [0.1, 0.15) is 9.67 Å². The van der Waals surface area contributed by atoms with E-state index in [1.165, 1.54) is 23.1 Å². The molecular weight excluding hydrogens is 330 g/mol. The van der Waals surface area contributed by atoms with Crippen molar-refractivity contribution in [2.75, 3.05) is 31.9 Å². The van der Waals surface area contributed by atoms with Gasteiger partial charge in [-0.3, -0.25) is 9.59 Å². The molecular formula is C16H17N3O2S2. The Morgan fingerprint density at radius 3 is 2.52 bits per heavy atom. The Morgan fingerprint density at radius 1 is 1.09 bits per heavy atom. The summed E-state index contributed by atoms with van der Waals surface area (Å²) in [6.45, 7) is 2.38. The molecule has 5 nitrogen and oxygen atoms in total. The summed E-state index contributed by atoms with van der Waals surface area (Å²) in [5.41, 5.74) is 0. The van der Waals surface area contributed by atoms with Gasteiger partial charge in [-0.25, -0.2) is 4.98 Å². The minimum Gasteiger partial charge on any atom is -0.338 e. The molecule has 0 aliphatic carbocycles. The fourth-order valence-corrected chi connectivity index (χ4v) is 3.83. The van der Waals surface area contributed by atoms with Gasteiger partial charge in [0.05, 0.1) is 15.7 Å². The average Bonchev–Trinajstić information content (AvgIpc) is 3.15. The maximum absolute atomic E-state index is 12.3. The van der Waals surface area contributed by atoms with Gasteiger partial charge in [0.2, 0.25) is 5.91 Å². The van der Waals surface area contributed by atoms with Crippen LogP contribution in [0.2, 0.25) is 0 Å². The van der Waals surface area contributed by atoms with Crippen molar-refractivity contribution >= 4 is 34.9 Å². The summed E-state index contributed by atoms with van der Waals surface area (Å²) in [6.07, 6.45) is 1.72. The number of hydrogen-bond donors (Lipinski definition) is 0. The van der Waals surface area contributed by atoms with Crippen LogP contribution in [0.5, 0.6) is 0 Å². The first-order valence-corrected chi connectivity index (χ1v) is 9.25. The van der Waals surface area contributed by atoms with Crippen molar-refractivity contribution in [1.82, 2.24) is 14.8 Å². The van der Waals surface area contributed by atoms with Crippen molar-refractivity contribution in [2.45, 2.75) is 5.03 Å². The van der Waals surface area contributed by atoms with E-state index in [9.17, 15) is 9.59 Å². The van der Waals surface area contributed by atoms with E-state index >= 15 is 0 Å². The molecule has 0 unspecified atom stereocenters. The van der Waals surface area contributed by atoms with Crippen LogP contribution in [0, 0.1) is 0 Å². The Hall–Kier alpha value is -1.86. The molecule has 7 heteroatoms. The lowest BCUT2D eigenvalue weighted by Gasteiger charge is -2.34. The fraction of sp³-hybridized carbons (Fsp3) is 0.312. The van der Waals surface area contributed by atoms with E-state index in [1.54, 1.807) is 6.20 Å². The number of carbonyl (C=O) groups excluding carboxylic acids is 2. The van der Waals surface area contributed by atoms with Gasteiger partial charge in [-0.2, -0.15) is 0 Å². The Balaban J connectivity index is 1.47. The quantitative estimate of drug-likeness (QED) is 0.796. The summed E-state index contributed by atoms with van der Waals surface area (Å²) in [4.78, 5) is 33.1. The molecule has 0 spiro atoms. The number of thiophene rings is 1. The number of hydrogen-bond acceptors (Lipinski definition) is 5. The average molecular weight is 347 g/mol. The molecule has 2 aromatic rings. The van der Waals surface area contributed by atoms with E-state index in [1.807, 2.05) is 45.5 Å². The topological polar surface area (TPSA) is 53.5 Å². The molecule has 1 aliphatic heterocycles. The molecule has 3 heterocycles. The van der Waals surface area contributed by atoms with E-state index < -0.39 is 0 Å². The minimum absolute atomic E-state index is 0.0648. The molecule has 2 amide bonds. The highest BCUT2D eigenvalue weighted by Crippen LogP contribution is 2.17. The highest BCUT2D eigenvalue weighted by atomic mass is 32.2. The smallest absolute Gasteiger partial charge is 0.264 e. The minimum atomic E-state index is 0.0648. The number of thioether (sulfide) groups is 1. The molecule has 0 aromatic carbocycles. The lowest BCUT2D eigenvalue weighted by molar-refractivity contribution is -0.129. The Bertz CT molecular complexity index is 653. The number of nitrogens with zero attached hydrogens (tertiary/aromatic N) is 3. The summed E-state index contributed by atoms with van der Waals surface area (Å²) >= 11 is 2.90. The lowest BCUT2D eigenvalue weighted by Crippen LogP contribution is -2.51. The third-order valence-electron chi connectivity index (χ3n) is 3.63. The summed E-state index contributed by atoms with van der Waals surface area (Å²) in [5, 5.41) is 2.76. The normalized spacial score (nSPS) is 14.8. The Kier molecular flexibility index (Phi) is 5.30. The van der Waals surface area contributed by atoms with Crippen molar-refractivity contribution in [3.8, 4) is 0 Å². The molecule has 3 rings (SSSR count). The molecule has 0 bridgehead atoms. The molecule has 2 aromatic heterocycles. The molecule has 0 radical (unpaired) electrons. The highest BCUT2D eigenvalue weighted by molar-refractivity contribution is 7.99. The molecule has 120 valence electrons. The number of amides is 2. The van der Waals surface area contributed by atoms with Crippen LogP contribution in [-0.2, 0) is 4.79 Å². The second-order valence-electron chi connectivity index (χ2n) is 5.11. The van der Waals surface area contributed by atoms with Gasteiger partial charge in [0.25, 0.3) is 5.91 Å².